The van der Waals surface area contributed by atoms with Gasteiger partial charge in [0.15, 0.2) is 6.61 Å². The van der Waals surface area contributed by atoms with Crippen molar-refractivity contribution < 1.29 is 18.7 Å². The van der Waals surface area contributed by atoms with Gasteiger partial charge in [0.1, 0.15) is 6.54 Å². The Morgan fingerprint density at radius 2 is 1.79 bits per heavy atom. The van der Waals surface area contributed by atoms with Crippen LogP contribution in [0.25, 0.3) is 11.5 Å². The zero-order chi connectivity index (χ0) is 20.8. The lowest BCUT2D eigenvalue weighted by atomic mass is 10.1. The molecule has 0 fully saturated rings. The van der Waals surface area contributed by atoms with Gasteiger partial charge in [-0.3, -0.25) is 9.59 Å². The van der Waals surface area contributed by atoms with Gasteiger partial charge in [-0.2, -0.15) is 4.68 Å². The number of likely N-dealkylation sites (N-methyl/N-ethyl adjacent to an activating group) is 1. The van der Waals surface area contributed by atoms with Crippen LogP contribution in [0.5, 0.6) is 0 Å². The number of ether oxygens (including phenoxy) is 1. The molecule has 1 amide bonds. The maximum atomic E-state index is 12.2. The van der Waals surface area contributed by atoms with Gasteiger partial charge < -0.3 is 14.1 Å². The van der Waals surface area contributed by atoms with Crippen LogP contribution < -0.4 is 5.76 Å². The Balaban J connectivity index is 1.52. The van der Waals surface area contributed by atoms with E-state index in [0.717, 1.165) is 15.8 Å². The van der Waals surface area contributed by atoms with Crippen molar-refractivity contribution in [2.45, 2.75) is 20.0 Å². The molecule has 150 valence electrons. The summed E-state index contributed by atoms with van der Waals surface area (Å²) in [5, 5.41) is 3.99. The molecular weight excluding hydrogens is 374 g/mol. The van der Waals surface area contributed by atoms with Crippen molar-refractivity contribution in [2.75, 3.05) is 13.7 Å². The summed E-state index contributed by atoms with van der Waals surface area (Å²) in [6.07, 6.45) is 0. The summed E-state index contributed by atoms with van der Waals surface area (Å²) >= 11 is 0. The lowest BCUT2D eigenvalue weighted by Crippen LogP contribution is -2.32. The Kier molecular flexibility index (Phi) is 6.23. The lowest BCUT2D eigenvalue weighted by Gasteiger charge is -2.17. The first-order valence-electron chi connectivity index (χ1n) is 9.01. The number of amides is 1. The molecule has 29 heavy (non-hydrogen) atoms. The predicted octanol–water partition coefficient (Wildman–Crippen LogP) is 2.01. The van der Waals surface area contributed by atoms with E-state index < -0.39 is 24.9 Å². The van der Waals surface area contributed by atoms with Crippen molar-refractivity contribution in [3.05, 3.63) is 76.3 Å². The maximum Gasteiger partial charge on any atom is 0.437 e. The average molecular weight is 395 g/mol. The second-order valence-electron chi connectivity index (χ2n) is 6.59. The lowest BCUT2D eigenvalue weighted by molar-refractivity contribution is -0.152. The molecule has 0 saturated carbocycles. The quantitative estimate of drug-likeness (QED) is 0.568. The maximum absolute atomic E-state index is 12.2. The third-order valence-corrected chi connectivity index (χ3v) is 4.23. The summed E-state index contributed by atoms with van der Waals surface area (Å²) in [6, 6.07) is 16.7. The highest BCUT2D eigenvalue weighted by Gasteiger charge is 2.16. The van der Waals surface area contributed by atoms with Crippen molar-refractivity contribution >= 4 is 11.9 Å². The zero-order valence-electron chi connectivity index (χ0n) is 16.2. The van der Waals surface area contributed by atoms with E-state index in [4.69, 9.17) is 9.15 Å². The van der Waals surface area contributed by atoms with Gasteiger partial charge in [0.2, 0.25) is 5.89 Å². The zero-order valence-corrected chi connectivity index (χ0v) is 16.2. The number of carbonyl (C=O) groups excluding carboxylic acids is 2. The van der Waals surface area contributed by atoms with Crippen LogP contribution in [-0.4, -0.2) is 40.2 Å². The number of nitrogens with zero attached hydrogens (tertiary/aromatic N) is 3. The van der Waals surface area contributed by atoms with E-state index in [0.29, 0.717) is 12.1 Å². The number of rotatable bonds is 7. The standard InChI is InChI=1S/C21H21N3O5/c1-15-8-10-16(11-9-15)12-23(2)18(25)14-28-19(26)13-24-21(27)29-20(22-24)17-6-4-3-5-7-17/h3-11H,12-14H2,1-2H3. The molecule has 8 nitrogen and oxygen atoms in total. The molecule has 1 aromatic heterocycles. The monoisotopic (exact) mass is 395 g/mol. The molecule has 0 saturated heterocycles. The molecule has 0 aliphatic heterocycles. The first kappa shape index (κ1) is 20.1. The Labute approximate surface area is 167 Å². The van der Waals surface area contributed by atoms with E-state index >= 15 is 0 Å². The van der Waals surface area contributed by atoms with Crippen molar-refractivity contribution in [3.8, 4) is 11.5 Å². The van der Waals surface area contributed by atoms with Crippen molar-refractivity contribution in [3.63, 3.8) is 0 Å². The Morgan fingerprint density at radius 3 is 2.48 bits per heavy atom. The molecule has 2 aromatic carbocycles. The van der Waals surface area contributed by atoms with Gasteiger partial charge in [0, 0.05) is 19.2 Å². The van der Waals surface area contributed by atoms with Crippen molar-refractivity contribution in [2.24, 2.45) is 0 Å². The van der Waals surface area contributed by atoms with E-state index in [2.05, 4.69) is 5.10 Å². The van der Waals surface area contributed by atoms with Gasteiger partial charge in [0.25, 0.3) is 5.91 Å². The van der Waals surface area contributed by atoms with Crippen LogP contribution in [0, 0.1) is 6.92 Å². The fourth-order valence-corrected chi connectivity index (χ4v) is 2.58. The molecule has 0 bridgehead atoms. The molecule has 8 heteroatoms. The van der Waals surface area contributed by atoms with Gasteiger partial charge in [0.05, 0.1) is 0 Å². The van der Waals surface area contributed by atoms with Crippen LogP contribution in [-0.2, 0) is 27.4 Å². The first-order chi connectivity index (χ1) is 13.9. The minimum atomic E-state index is -0.774. The smallest absolute Gasteiger partial charge is 0.437 e. The molecular formula is C21H21N3O5. The summed E-state index contributed by atoms with van der Waals surface area (Å²) in [6.45, 7) is 1.53. The van der Waals surface area contributed by atoms with Gasteiger partial charge >= 0.3 is 11.7 Å². The molecule has 0 atom stereocenters. The van der Waals surface area contributed by atoms with Crippen LogP contribution in [0.4, 0.5) is 0 Å². The number of carbonyl (C=O) groups is 2. The predicted molar refractivity (Wildman–Crippen MR) is 105 cm³/mol. The molecule has 0 N–H and O–H groups in total. The first-order valence-corrected chi connectivity index (χ1v) is 9.01. The highest BCUT2D eigenvalue weighted by atomic mass is 16.5. The highest BCUT2D eigenvalue weighted by Crippen LogP contribution is 2.13. The van der Waals surface area contributed by atoms with Crippen molar-refractivity contribution in [1.82, 2.24) is 14.7 Å². The van der Waals surface area contributed by atoms with Gasteiger partial charge in [-0.15, -0.1) is 5.10 Å². The third-order valence-electron chi connectivity index (χ3n) is 4.23. The molecule has 0 aliphatic carbocycles. The summed E-state index contributed by atoms with van der Waals surface area (Å²) in [5.41, 5.74) is 2.72. The number of hydrogen-bond acceptors (Lipinski definition) is 6. The van der Waals surface area contributed by atoms with Crippen LogP contribution in [0.2, 0.25) is 0 Å². The number of hydrogen-bond donors (Lipinski definition) is 0. The van der Waals surface area contributed by atoms with Gasteiger partial charge in [-0.1, -0.05) is 48.0 Å². The van der Waals surface area contributed by atoms with Crippen LogP contribution in [0.15, 0.2) is 63.8 Å². The average Bonchev–Trinajstić information content (AvgIpc) is 3.08. The second kappa shape index (κ2) is 9.01. The highest BCUT2D eigenvalue weighted by molar-refractivity contribution is 5.80. The van der Waals surface area contributed by atoms with Crippen molar-refractivity contribution in [1.29, 1.82) is 0 Å². The second-order valence-corrected chi connectivity index (χ2v) is 6.59. The minimum absolute atomic E-state index is 0.109. The molecule has 0 spiro atoms. The van der Waals surface area contributed by atoms with Crippen LogP contribution >= 0.6 is 0 Å². The molecule has 1 heterocycles. The summed E-state index contributed by atoms with van der Waals surface area (Å²) < 4.78 is 10.9. The Hall–Kier alpha value is -3.68. The Bertz CT molecular complexity index is 1040. The van der Waals surface area contributed by atoms with E-state index in [-0.39, 0.29) is 11.8 Å². The SMILES string of the molecule is Cc1ccc(CN(C)C(=O)COC(=O)Cn2nc(-c3ccccc3)oc2=O)cc1. The number of aryl methyl sites for hydroxylation is 1. The Morgan fingerprint density at radius 1 is 1.10 bits per heavy atom. The van der Waals surface area contributed by atoms with E-state index in [1.165, 1.54) is 4.90 Å². The van der Waals surface area contributed by atoms with E-state index in [9.17, 15) is 14.4 Å². The van der Waals surface area contributed by atoms with E-state index in [1.54, 1.807) is 31.3 Å². The normalized spacial score (nSPS) is 10.6. The fourth-order valence-electron chi connectivity index (χ4n) is 2.58. The molecule has 3 aromatic rings. The van der Waals surface area contributed by atoms with Gasteiger partial charge in [-0.25, -0.2) is 4.79 Å². The topological polar surface area (TPSA) is 94.6 Å². The largest absolute Gasteiger partial charge is 0.454 e. The third kappa shape index (κ3) is 5.41. The summed E-state index contributed by atoms with van der Waals surface area (Å²) in [7, 11) is 1.63. The number of benzene rings is 2. The van der Waals surface area contributed by atoms with E-state index in [1.807, 2.05) is 37.3 Å². The minimum Gasteiger partial charge on any atom is -0.454 e. The van der Waals surface area contributed by atoms with Crippen LogP contribution in [0.1, 0.15) is 11.1 Å². The van der Waals surface area contributed by atoms with Crippen LogP contribution in [0.3, 0.4) is 0 Å². The molecule has 0 unspecified atom stereocenters. The van der Waals surface area contributed by atoms with Gasteiger partial charge in [-0.05, 0) is 24.6 Å². The molecule has 0 aliphatic rings. The summed E-state index contributed by atoms with van der Waals surface area (Å²) in [5.74, 6) is -1.77. The fraction of sp³-hybridized carbons (Fsp3) is 0.238. The molecule has 3 rings (SSSR count). The molecule has 0 radical (unpaired) electrons. The number of esters is 1. The summed E-state index contributed by atoms with van der Waals surface area (Å²) in [4.78, 5) is 37.5. The number of aromatic nitrogens is 2.